The number of ether oxygens (including phenoxy) is 2. The second-order valence-corrected chi connectivity index (χ2v) is 10.3. The summed E-state index contributed by atoms with van der Waals surface area (Å²) in [5.74, 6) is -1.79. The summed E-state index contributed by atoms with van der Waals surface area (Å²) in [6, 6.07) is 9.72. The fraction of sp³-hybridized carbons (Fsp3) is 0.667. The van der Waals surface area contributed by atoms with Crippen molar-refractivity contribution in [1.29, 1.82) is 0 Å². The lowest BCUT2D eigenvalue weighted by Crippen LogP contribution is -2.49. The van der Waals surface area contributed by atoms with E-state index in [1.807, 2.05) is 30.3 Å². The Kier molecular flexibility index (Phi) is 8.78. The molecule has 192 valence electrons. The highest BCUT2D eigenvalue weighted by Gasteiger charge is 2.62. The topological polar surface area (TPSA) is 105 Å². The van der Waals surface area contributed by atoms with Gasteiger partial charge in [-0.05, 0) is 24.3 Å². The van der Waals surface area contributed by atoms with E-state index in [4.69, 9.17) is 9.47 Å². The van der Waals surface area contributed by atoms with Gasteiger partial charge >= 0.3 is 5.97 Å². The summed E-state index contributed by atoms with van der Waals surface area (Å²) < 4.78 is 11.1. The van der Waals surface area contributed by atoms with Crippen LogP contribution in [0.2, 0.25) is 0 Å². The fourth-order valence-electron chi connectivity index (χ4n) is 5.48. The number of amides is 2. The summed E-state index contributed by atoms with van der Waals surface area (Å²) in [5, 5.41) is 12.8. The van der Waals surface area contributed by atoms with Gasteiger partial charge in [-0.1, -0.05) is 62.4 Å². The van der Waals surface area contributed by atoms with Gasteiger partial charge in [-0.3, -0.25) is 9.59 Å². The Hall–Kier alpha value is -2.45. The molecule has 1 saturated heterocycles. The number of benzene rings is 1. The molecule has 0 aromatic heterocycles. The Morgan fingerprint density at radius 2 is 1.83 bits per heavy atom. The first-order chi connectivity index (χ1) is 17.0. The van der Waals surface area contributed by atoms with Crippen molar-refractivity contribution in [3.8, 4) is 0 Å². The summed E-state index contributed by atoms with van der Waals surface area (Å²) in [7, 11) is 0. The van der Waals surface area contributed by atoms with Crippen LogP contribution in [-0.2, 0) is 30.5 Å². The molecule has 0 spiro atoms. The van der Waals surface area contributed by atoms with Crippen LogP contribution >= 0.6 is 0 Å². The van der Waals surface area contributed by atoms with Crippen molar-refractivity contribution >= 4 is 17.8 Å². The van der Waals surface area contributed by atoms with Crippen molar-refractivity contribution in [3.05, 3.63) is 35.9 Å². The maximum atomic E-state index is 13.4. The normalized spacial score (nSPS) is 25.6. The number of carbonyl (C=O) groups is 3. The Morgan fingerprint density at radius 3 is 2.51 bits per heavy atom. The molecule has 3 atom stereocenters. The Morgan fingerprint density at radius 1 is 1.11 bits per heavy atom. The number of aliphatic carboxylic acids is 1. The molecule has 3 aliphatic rings. The molecule has 2 saturated carbocycles. The number of carboxylic acid groups (broad SMARTS) is 1. The van der Waals surface area contributed by atoms with Crippen molar-refractivity contribution < 1.29 is 29.0 Å². The van der Waals surface area contributed by atoms with Crippen LogP contribution in [0.25, 0.3) is 0 Å². The predicted molar refractivity (Wildman–Crippen MR) is 129 cm³/mol. The van der Waals surface area contributed by atoms with Crippen molar-refractivity contribution in [1.82, 2.24) is 10.2 Å². The van der Waals surface area contributed by atoms with Crippen LogP contribution in [0.1, 0.15) is 56.9 Å². The summed E-state index contributed by atoms with van der Waals surface area (Å²) in [6.07, 6.45) is 6.74. The number of carboxylic acids is 1. The number of nitrogens with zero attached hydrogens (tertiary/aromatic N) is 1. The van der Waals surface area contributed by atoms with Crippen molar-refractivity contribution in [3.63, 3.8) is 0 Å². The van der Waals surface area contributed by atoms with Crippen LogP contribution < -0.4 is 5.32 Å². The van der Waals surface area contributed by atoms with E-state index in [-0.39, 0.29) is 30.8 Å². The molecule has 1 unspecified atom stereocenters. The third-order valence-electron chi connectivity index (χ3n) is 7.76. The molecule has 0 bridgehead atoms. The van der Waals surface area contributed by atoms with Gasteiger partial charge in [0, 0.05) is 31.3 Å². The highest BCUT2D eigenvalue weighted by atomic mass is 16.5. The third-order valence-corrected chi connectivity index (χ3v) is 7.76. The van der Waals surface area contributed by atoms with E-state index >= 15 is 0 Å². The van der Waals surface area contributed by atoms with Crippen LogP contribution in [0.5, 0.6) is 0 Å². The summed E-state index contributed by atoms with van der Waals surface area (Å²) in [6.45, 7) is 2.77. The highest BCUT2D eigenvalue weighted by Crippen LogP contribution is 2.44. The first-order valence-corrected chi connectivity index (χ1v) is 13.0. The van der Waals surface area contributed by atoms with Crippen LogP contribution in [0, 0.1) is 17.8 Å². The zero-order valence-corrected chi connectivity index (χ0v) is 20.5. The van der Waals surface area contributed by atoms with E-state index in [1.165, 1.54) is 6.42 Å². The first kappa shape index (κ1) is 25.6. The minimum absolute atomic E-state index is 0.0489. The van der Waals surface area contributed by atoms with Gasteiger partial charge < -0.3 is 24.8 Å². The fourth-order valence-corrected chi connectivity index (χ4v) is 5.48. The first-order valence-electron chi connectivity index (χ1n) is 13.0. The number of rotatable bonds is 11. The van der Waals surface area contributed by atoms with Crippen LogP contribution in [-0.4, -0.2) is 66.2 Å². The Balaban J connectivity index is 1.36. The molecule has 3 fully saturated rings. The lowest BCUT2D eigenvalue weighted by molar-refractivity contribution is -0.145. The van der Waals surface area contributed by atoms with Gasteiger partial charge in [-0.2, -0.15) is 0 Å². The molecule has 1 aromatic carbocycles. The van der Waals surface area contributed by atoms with Crippen molar-refractivity contribution in [2.75, 3.05) is 32.9 Å². The largest absolute Gasteiger partial charge is 0.479 e. The van der Waals surface area contributed by atoms with Gasteiger partial charge in [-0.15, -0.1) is 0 Å². The number of carbonyl (C=O) groups excluding carboxylic acids is 2. The second kappa shape index (κ2) is 12.0. The van der Waals surface area contributed by atoms with Gasteiger partial charge in [0.05, 0.1) is 26.4 Å². The number of nitrogens with one attached hydrogen (secondary N) is 1. The molecule has 1 aromatic rings. The molecule has 2 aliphatic carbocycles. The third kappa shape index (κ3) is 6.82. The smallest absolute Gasteiger partial charge is 0.329 e. The van der Waals surface area contributed by atoms with Crippen LogP contribution in [0.4, 0.5) is 0 Å². The Labute approximate surface area is 207 Å². The molecule has 4 rings (SSSR count). The lowest BCUT2D eigenvalue weighted by Gasteiger charge is -2.30. The Bertz CT molecular complexity index is 866. The summed E-state index contributed by atoms with van der Waals surface area (Å²) in [5.41, 5.74) is -0.284. The molecule has 2 N–H and O–H groups in total. The number of hydrogen-bond acceptors (Lipinski definition) is 5. The average molecular weight is 487 g/mol. The summed E-state index contributed by atoms with van der Waals surface area (Å²) in [4.78, 5) is 40.3. The van der Waals surface area contributed by atoms with Crippen molar-refractivity contribution in [2.24, 2.45) is 17.8 Å². The molecule has 1 heterocycles. The predicted octanol–water partition coefficient (Wildman–Crippen LogP) is 3.00. The lowest BCUT2D eigenvalue weighted by atomic mass is 9.81. The molecular formula is C27H38N2O6. The SMILES string of the molecule is O=C(N[C@@]1(C(=O)O)CC1COCc1ccccc1)[C@@H](CC(=O)N1CCOCC1)CC1CCCCC1. The maximum Gasteiger partial charge on any atom is 0.329 e. The van der Waals surface area contributed by atoms with E-state index in [0.717, 1.165) is 31.2 Å². The zero-order valence-electron chi connectivity index (χ0n) is 20.5. The molecular weight excluding hydrogens is 448 g/mol. The van der Waals surface area contributed by atoms with Crippen LogP contribution in [0.15, 0.2) is 30.3 Å². The molecule has 8 nitrogen and oxygen atoms in total. The zero-order chi connectivity index (χ0) is 24.7. The minimum atomic E-state index is -1.30. The van der Waals surface area contributed by atoms with Gasteiger partial charge in [0.1, 0.15) is 5.54 Å². The summed E-state index contributed by atoms with van der Waals surface area (Å²) >= 11 is 0. The van der Waals surface area contributed by atoms with E-state index in [2.05, 4.69) is 5.32 Å². The standard InChI is InChI=1S/C27H38N2O6/c30-24(29-11-13-34-14-12-29)16-22(15-20-7-3-1-4-8-20)25(31)28-27(26(32)33)17-23(27)19-35-18-21-9-5-2-6-10-21/h2,5-6,9-10,20,22-23H,1,3-4,7-8,11-19H2,(H,28,31)(H,32,33)/t22-,23?,27+/m1/s1. The minimum Gasteiger partial charge on any atom is -0.479 e. The van der Waals surface area contributed by atoms with Crippen molar-refractivity contribution in [2.45, 2.75) is 63.5 Å². The number of morpholine rings is 1. The monoisotopic (exact) mass is 486 g/mol. The van der Waals surface area contributed by atoms with Gasteiger partial charge in [0.15, 0.2) is 0 Å². The van der Waals surface area contributed by atoms with E-state index in [1.54, 1.807) is 4.90 Å². The van der Waals surface area contributed by atoms with E-state index in [0.29, 0.717) is 51.7 Å². The van der Waals surface area contributed by atoms with Gasteiger partial charge in [0.25, 0.3) is 0 Å². The van der Waals surface area contributed by atoms with E-state index < -0.39 is 17.4 Å². The highest BCUT2D eigenvalue weighted by molar-refractivity contribution is 5.92. The number of hydrogen-bond donors (Lipinski definition) is 2. The molecule has 1 aliphatic heterocycles. The quantitative estimate of drug-likeness (QED) is 0.498. The van der Waals surface area contributed by atoms with E-state index in [9.17, 15) is 19.5 Å². The molecule has 35 heavy (non-hydrogen) atoms. The molecule has 8 heteroatoms. The van der Waals surface area contributed by atoms with Gasteiger partial charge in [0.2, 0.25) is 11.8 Å². The van der Waals surface area contributed by atoms with Gasteiger partial charge in [-0.25, -0.2) is 4.79 Å². The van der Waals surface area contributed by atoms with Crippen LogP contribution in [0.3, 0.4) is 0 Å². The molecule has 2 amide bonds. The second-order valence-electron chi connectivity index (χ2n) is 10.3. The average Bonchev–Trinajstić information content (AvgIpc) is 3.59. The maximum absolute atomic E-state index is 13.4. The molecule has 0 radical (unpaired) electrons.